The van der Waals surface area contributed by atoms with E-state index in [-0.39, 0.29) is 11.9 Å². The second-order valence-electron chi connectivity index (χ2n) is 5.47. The van der Waals surface area contributed by atoms with Crippen molar-refractivity contribution in [2.24, 2.45) is 5.73 Å². The zero-order chi connectivity index (χ0) is 14.8. The van der Waals surface area contributed by atoms with Gasteiger partial charge in [0, 0.05) is 30.1 Å². The van der Waals surface area contributed by atoms with Gasteiger partial charge in [-0.1, -0.05) is 0 Å². The summed E-state index contributed by atoms with van der Waals surface area (Å²) in [5.74, 6) is 0.0729. The number of nitrogens with two attached hydrogens (primary N) is 1. The largest absolute Gasteiger partial charge is 0.338 e. The third-order valence-corrected chi connectivity index (χ3v) is 4.64. The molecule has 2 N–H and O–H groups in total. The maximum atomic E-state index is 12.6. The molecule has 110 valence electrons. The van der Waals surface area contributed by atoms with Crippen LogP contribution >= 0.6 is 11.3 Å². The number of carbonyl (C=O) groups excluding carboxylic acids is 1. The van der Waals surface area contributed by atoms with Crippen LogP contribution in [0.5, 0.6) is 0 Å². The Hall–Kier alpha value is -1.72. The average molecular weight is 301 g/mol. The molecule has 1 fully saturated rings. The molecule has 1 amide bonds. The smallest absolute Gasteiger partial charge is 0.255 e. The molecule has 0 unspecified atom stereocenters. The second kappa shape index (κ2) is 5.95. The van der Waals surface area contributed by atoms with Crippen LogP contribution < -0.4 is 5.73 Å². The maximum Gasteiger partial charge on any atom is 0.255 e. The molecule has 0 aromatic carbocycles. The van der Waals surface area contributed by atoms with Crippen LogP contribution in [0.25, 0.3) is 11.3 Å². The fourth-order valence-electron chi connectivity index (χ4n) is 2.63. The molecular weight excluding hydrogens is 282 g/mol. The van der Waals surface area contributed by atoms with Crippen LogP contribution in [0.1, 0.15) is 28.9 Å². The van der Waals surface area contributed by atoms with Crippen molar-refractivity contribution in [3.63, 3.8) is 0 Å². The molecule has 3 heterocycles. The fraction of sp³-hybridized carbons (Fsp3) is 0.375. The van der Waals surface area contributed by atoms with Crippen LogP contribution in [0.3, 0.4) is 0 Å². The Morgan fingerprint density at radius 2 is 2.10 bits per heavy atom. The molecule has 0 bridgehead atoms. The summed E-state index contributed by atoms with van der Waals surface area (Å²) in [6.07, 6.45) is 1.76. The summed E-state index contributed by atoms with van der Waals surface area (Å²) >= 11 is 1.65. The van der Waals surface area contributed by atoms with Crippen molar-refractivity contribution in [3.8, 4) is 11.3 Å². The number of amides is 1. The molecule has 2 aromatic heterocycles. The Morgan fingerprint density at radius 3 is 2.71 bits per heavy atom. The molecule has 21 heavy (non-hydrogen) atoms. The Morgan fingerprint density at radius 1 is 1.33 bits per heavy atom. The third kappa shape index (κ3) is 2.99. The molecule has 3 rings (SSSR count). The summed E-state index contributed by atoms with van der Waals surface area (Å²) in [4.78, 5) is 19.0. The Balaban J connectivity index is 1.81. The van der Waals surface area contributed by atoms with E-state index >= 15 is 0 Å². The molecule has 0 spiro atoms. The quantitative estimate of drug-likeness (QED) is 0.927. The molecule has 2 aromatic rings. The molecule has 1 saturated heterocycles. The molecule has 0 aliphatic carbocycles. The first kappa shape index (κ1) is 14.2. The van der Waals surface area contributed by atoms with E-state index in [0.717, 1.165) is 42.9 Å². The van der Waals surface area contributed by atoms with Gasteiger partial charge in [0.05, 0.1) is 17.0 Å². The van der Waals surface area contributed by atoms with Crippen molar-refractivity contribution < 1.29 is 4.79 Å². The lowest BCUT2D eigenvalue weighted by molar-refractivity contribution is 0.0713. The predicted molar refractivity (Wildman–Crippen MR) is 85.4 cm³/mol. The van der Waals surface area contributed by atoms with E-state index in [1.165, 1.54) is 0 Å². The van der Waals surface area contributed by atoms with Gasteiger partial charge in [0.2, 0.25) is 0 Å². The van der Waals surface area contributed by atoms with Crippen LogP contribution in [-0.4, -0.2) is 34.9 Å². The third-order valence-electron chi connectivity index (χ3n) is 3.96. The minimum atomic E-state index is 0.0729. The number of carbonyl (C=O) groups is 1. The van der Waals surface area contributed by atoms with Crippen molar-refractivity contribution in [3.05, 3.63) is 40.2 Å². The summed E-state index contributed by atoms with van der Waals surface area (Å²) in [6.45, 7) is 3.39. The summed E-state index contributed by atoms with van der Waals surface area (Å²) in [7, 11) is 0. The van der Waals surface area contributed by atoms with Crippen LogP contribution in [0, 0.1) is 6.92 Å². The molecule has 1 aliphatic heterocycles. The normalized spacial score (nSPS) is 16.2. The average Bonchev–Trinajstić information content (AvgIpc) is 3.01. The maximum absolute atomic E-state index is 12.6. The highest BCUT2D eigenvalue weighted by Crippen LogP contribution is 2.22. The first-order chi connectivity index (χ1) is 10.1. The van der Waals surface area contributed by atoms with Crippen molar-refractivity contribution in [1.29, 1.82) is 0 Å². The highest BCUT2D eigenvalue weighted by Gasteiger charge is 2.23. The molecule has 4 nitrogen and oxygen atoms in total. The topological polar surface area (TPSA) is 59.2 Å². The number of pyridine rings is 1. The zero-order valence-corrected chi connectivity index (χ0v) is 12.9. The van der Waals surface area contributed by atoms with Crippen LogP contribution in [0.2, 0.25) is 0 Å². The number of rotatable bonds is 2. The summed E-state index contributed by atoms with van der Waals surface area (Å²) in [5.41, 5.74) is 9.40. The second-order valence-corrected chi connectivity index (χ2v) is 6.25. The first-order valence-electron chi connectivity index (χ1n) is 7.20. The standard InChI is InChI=1S/C16H19N3OS/c1-11-14(16(20)19-7-4-13(17)5-8-19)2-3-15(18-11)12-6-9-21-10-12/h2-3,6,9-10,13H,4-5,7-8,17H2,1H3. The summed E-state index contributed by atoms with van der Waals surface area (Å²) in [6, 6.07) is 6.10. The number of aryl methyl sites for hydroxylation is 1. The number of thiophene rings is 1. The Bertz CT molecular complexity index is 631. The van der Waals surface area contributed by atoms with Gasteiger partial charge in [0.1, 0.15) is 0 Å². The lowest BCUT2D eigenvalue weighted by Crippen LogP contribution is -2.43. The molecule has 1 aliphatic rings. The Labute approximate surface area is 128 Å². The monoisotopic (exact) mass is 301 g/mol. The van der Waals surface area contributed by atoms with Crippen LogP contribution in [-0.2, 0) is 0 Å². The highest BCUT2D eigenvalue weighted by atomic mass is 32.1. The van der Waals surface area contributed by atoms with Gasteiger partial charge in [-0.25, -0.2) is 0 Å². The summed E-state index contributed by atoms with van der Waals surface area (Å²) < 4.78 is 0. The van der Waals surface area contributed by atoms with Gasteiger partial charge in [0.25, 0.3) is 5.91 Å². The van der Waals surface area contributed by atoms with Crippen molar-refractivity contribution >= 4 is 17.2 Å². The van der Waals surface area contributed by atoms with Gasteiger partial charge < -0.3 is 10.6 Å². The number of hydrogen-bond donors (Lipinski definition) is 1. The lowest BCUT2D eigenvalue weighted by atomic mass is 10.0. The molecule has 5 heteroatoms. The SMILES string of the molecule is Cc1nc(-c2ccsc2)ccc1C(=O)N1CCC(N)CC1. The molecule has 0 atom stereocenters. The zero-order valence-electron chi connectivity index (χ0n) is 12.1. The van der Waals surface area contributed by atoms with Crippen LogP contribution in [0.15, 0.2) is 29.0 Å². The fourth-order valence-corrected chi connectivity index (χ4v) is 3.28. The number of hydrogen-bond acceptors (Lipinski definition) is 4. The van der Waals surface area contributed by atoms with Gasteiger partial charge in [-0.15, -0.1) is 0 Å². The van der Waals surface area contributed by atoms with Gasteiger partial charge in [-0.3, -0.25) is 9.78 Å². The van der Waals surface area contributed by atoms with E-state index in [1.807, 2.05) is 35.4 Å². The molecule has 0 saturated carbocycles. The minimum absolute atomic E-state index is 0.0729. The van der Waals surface area contributed by atoms with E-state index in [9.17, 15) is 4.79 Å². The molecular formula is C16H19N3OS. The van der Waals surface area contributed by atoms with Crippen molar-refractivity contribution in [2.45, 2.75) is 25.8 Å². The van der Waals surface area contributed by atoms with E-state index in [0.29, 0.717) is 5.56 Å². The van der Waals surface area contributed by atoms with Crippen LogP contribution in [0.4, 0.5) is 0 Å². The van der Waals surface area contributed by atoms with Gasteiger partial charge in [-0.05, 0) is 43.3 Å². The number of piperidine rings is 1. The minimum Gasteiger partial charge on any atom is -0.338 e. The van der Waals surface area contributed by atoms with Gasteiger partial charge in [-0.2, -0.15) is 11.3 Å². The van der Waals surface area contributed by atoms with E-state index in [1.54, 1.807) is 11.3 Å². The van der Waals surface area contributed by atoms with Gasteiger partial charge in [0.15, 0.2) is 0 Å². The van der Waals surface area contributed by atoms with E-state index < -0.39 is 0 Å². The van der Waals surface area contributed by atoms with E-state index in [4.69, 9.17) is 5.73 Å². The summed E-state index contributed by atoms with van der Waals surface area (Å²) in [5, 5.41) is 4.09. The first-order valence-corrected chi connectivity index (χ1v) is 8.14. The number of aromatic nitrogens is 1. The molecule has 0 radical (unpaired) electrons. The number of nitrogens with zero attached hydrogens (tertiary/aromatic N) is 2. The predicted octanol–water partition coefficient (Wildman–Crippen LogP) is 2.68. The van der Waals surface area contributed by atoms with E-state index in [2.05, 4.69) is 10.4 Å². The van der Waals surface area contributed by atoms with Gasteiger partial charge >= 0.3 is 0 Å². The van der Waals surface area contributed by atoms with Crippen molar-refractivity contribution in [2.75, 3.05) is 13.1 Å². The van der Waals surface area contributed by atoms with Crippen molar-refractivity contribution in [1.82, 2.24) is 9.88 Å². The lowest BCUT2D eigenvalue weighted by Gasteiger charge is -2.30. The Kier molecular flexibility index (Phi) is 4.03. The highest BCUT2D eigenvalue weighted by molar-refractivity contribution is 7.08. The number of likely N-dealkylation sites (tertiary alicyclic amines) is 1.